The molecule has 3 aromatic rings. The van der Waals surface area contributed by atoms with Gasteiger partial charge in [0.05, 0.1) is 6.54 Å². The molecule has 10 heteroatoms. The lowest BCUT2D eigenvalue weighted by molar-refractivity contribution is -0.122. The van der Waals surface area contributed by atoms with Gasteiger partial charge in [0.25, 0.3) is 5.56 Å². The average molecular weight is 431 g/mol. The van der Waals surface area contributed by atoms with Gasteiger partial charge in [0.1, 0.15) is 0 Å². The molecule has 2 heterocycles. The molecule has 0 radical (unpaired) electrons. The van der Waals surface area contributed by atoms with Crippen LogP contribution in [0.25, 0.3) is 11.2 Å². The maximum Gasteiger partial charge on any atom is 0.332 e. The van der Waals surface area contributed by atoms with Crippen LogP contribution >= 0.6 is 11.6 Å². The minimum absolute atomic E-state index is 0.0720. The first-order valence-electron chi connectivity index (χ1n) is 9.79. The summed E-state index contributed by atoms with van der Waals surface area (Å²) in [5.41, 5.74) is 0.719. The van der Waals surface area contributed by atoms with Crippen LogP contribution in [-0.2, 0) is 25.4 Å². The summed E-state index contributed by atoms with van der Waals surface area (Å²) in [5, 5.41) is 6.70. The van der Waals surface area contributed by atoms with E-state index >= 15 is 0 Å². The normalized spacial score (nSPS) is 13.6. The Balaban J connectivity index is 1.68. The van der Waals surface area contributed by atoms with Crippen molar-refractivity contribution < 1.29 is 4.79 Å². The first kappa shape index (κ1) is 20.2. The highest BCUT2D eigenvalue weighted by Crippen LogP contribution is 2.28. The summed E-state index contributed by atoms with van der Waals surface area (Å²) in [6.45, 7) is 1.25. The molecule has 1 aliphatic rings. The van der Waals surface area contributed by atoms with Gasteiger partial charge in [-0.25, -0.2) is 4.79 Å². The molecule has 2 N–H and O–H groups in total. The second-order valence-electron chi connectivity index (χ2n) is 7.52. The monoisotopic (exact) mass is 430 g/mol. The number of carbonyl (C=O) groups excluding carboxylic acids is 1. The highest BCUT2D eigenvalue weighted by molar-refractivity contribution is 6.30. The molecule has 1 aromatic carbocycles. The zero-order chi connectivity index (χ0) is 21.4. The summed E-state index contributed by atoms with van der Waals surface area (Å²) in [7, 11) is 3.04. The number of amides is 1. The lowest BCUT2D eigenvalue weighted by Gasteiger charge is -2.12. The number of hydrogen-bond donors (Lipinski definition) is 2. The van der Waals surface area contributed by atoms with Crippen LogP contribution < -0.4 is 21.9 Å². The van der Waals surface area contributed by atoms with Crippen molar-refractivity contribution in [1.82, 2.24) is 24.0 Å². The zero-order valence-electron chi connectivity index (χ0n) is 16.8. The van der Waals surface area contributed by atoms with Gasteiger partial charge in [0.2, 0.25) is 11.9 Å². The molecular formula is C20H23ClN6O3. The molecule has 1 fully saturated rings. The Labute approximate surface area is 177 Å². The molecular weight excluding hydrogens is 408 g/mol. The summed E-state index contributed by atoms with van der Waals surface area (Å²) >= 11 is 5.98. The Hall–Kier alpha value is -3.07. The standard InChI is InChI=1S/C20H23ClN6O3/c1-25-16-15(18(29)26(2)20(25)30)27(11-12-3-7-14(21)8-4-12)19(24-16)23-10-9-22-17(28)13-5-6-13/h3-4,7-8,13H,5-6,9-11H2,1-2H3,(H,22,28)(H,23,24). The van der Waals surface area contributed by atoms with Crippen molar-refractivity contribution in [3.63, 3.8) is 0 Å². The van der Waals surface area contributed by atoms with Crippen LogP contribution in [0.4, 0.5) is 5.95 Å². The number of rotatable bonds is 7. The molecule has 0 aliphatic heterocycles. The number of aromatic nitrogens is 4. The van der Waals surface area contributed by atoms with Gasteiger partial charge in [0, 0.05) is 38.1 Å². The number of anilines is 1. The van der Waals surface area contributed by atoms with E-state index in [1.54, 1.807) is 23.7 Å². The summed E-state index contributed by atoms with van der Waals surface area (Å²) in [6, 6.07) is 7.31. The van der Waals surface area contributed by atoms with Gasteiger partial charge in [-0.15, -0.1) is 0 Å². The molecule has 2 aromatic heterocycles. The maximum absolute atomic E-state index is 12.9. The largest absolute Gasteiger partial charge is 0.354 e. The van der Waals surface area contributed by atoms with E-state index in [0.717, 1.165) is 23.0 Å². The molecule has 30 heavy (non-hydrogen) atoms. The lowest BCUT2D eigenvalue weighted by atomic mass is 10.2. The van der Waals surface area contributed by atoms with E-state index in [2.05, 4.69) is 15.6 Å². The van der Waals surface area contributed by atoms with E-state index < -0.39 is 11.2 Å². The van der Waals surface area contributed by atoms with Gasteiger partial charge in [0.15, 0.2) is 11.2 Å². The van der Waals surface area contributed by atoms with Crippen molar-refractivity contribution in [2.75, 3.05) is 18.4 Å². The first-order valence-corrected chi connectivity index (χ1v) is 10.2. The second kappa shape index (κ2) is 7.98. The number of carbonyl (C=O) groups is 1. The highest BCUT2D eigenvalue weighted by atomic mass is 35.5. The van der Waals surface area contributed by atoms with Crippen molar-refractivity contribution in [2.45, 2.75) is 19.4 Å². The summed E-state index contributed by atoms with van der Waals surface area (Å²) < 4.78 is 4.18. The molecule has 0 spiro atoms. The van der Waals surface area contributed by atoms with E-state index in [1.165, 1.54) is 11.6 Å². The third-order valence-corrected chi connectivity index (χ3v) is 5.51. The van der Waals surface area contributed by atoms with Crippen LogP contribution in [0.3, 0.4) is 0 Å². The fourth-order valence-corrected chi connectivity index (χ4v) is 3.48. The Morgan fingerprint density at radius 2 is 1.83 bits per heavy atom. The quantitative estimate of drug-likeness (QED) is 0.546. The van der Waals surface area contributed by atoms with Crippen molar-refractivity contribution >= 4 is 34.6 Å². The number of benzene rings is 1. The van der Waals surface area contributed by atoms with Crippen molar-refractivity contribution in [2.24, 2.45) is 20.0 Å². The van der Waals surface area contributed by atoms with Crippen LogP contribution in [-0.4, -0.2) is 37.7 Å². The first-order chi connectivity index (χ1) is 14.4. The van der Waals surface area contributed by atoms with Crippen molar-refractivity contribution in [1.29, 1.82) is 0 Å². The SMILES string of the molecule is Cn1c(=O)c2c(nc(NCCNC(=O)C3CC3)n2Cc2ccc(Cl)cc2)n(C)c1=O. The zero-order valence-corrected chi connectivity index (χ0v) is 17.6. The Morgan fingerprint density at radius 1 is 1.13 bits per heavy atom. The number of nitrogens with one attached hydrogen (secondary N) is 2. The predicted octanol–water partition coefficient (Wildman–Crippen LogP) is 1.07. The molecule has 158 valence electrons. The maximum atomic E-state index is 12.9. The second-order valence-corrected chi connectivity index (χ2v) is 7.95. The molecule has 1 saturated carbocycles. The van der Waals surface area contributed by atoms with E-state index in [4.69, 9.17) is 11.6 Å². The van der Waals surface area contributed by atoms with Gasteiger partial charge in [-0.1, -0.05) is 23.7 Å². The van der Waals surface area contributed by atoms with Crippen LogP contribution in [0.2, 0.25) is 5.02 Å². The minimum Gasteiger partial charge on any atom is -0.354 e. The highest BCUT2D eigenvalue weighted by Gasteiger charge is 2.29. The molecule has 1 aliphatic carbocycles. The van der Waals surface area contributed by atoms with Crippen molar-refractivity contribution in [3.05, 3.63) is 55.7 Å². The van der Waals surface area contributed by atoms with Gasteiger partial charge in [-0.2, -0.15) is 4.98 Å². The van der Waals surface area contributed by atoms with Gasteiger partial charge < -0.3 is 10.6 Å². The van der Waals surface area contributed by atoms with Gasteiger partial charge >= 0.3 is 5.69 Å². The molecule has 9 nitrogen and oxygen atoms in total. The Bertz CT molecular complexity index is 1220. The lowest BCUT2D eigenvalue weighted by Crippen LogP contribution is -2.37. The smallest absolute Gasteiger partial charge is 0.332 e. The molecule has 4 rings (SSSR count). The Kier molecular flexibility index (Phi) is 5.38. The van der Waals surface area contributed by atoms with Crippen LogP contribution in [0.15, 0.2) is 33.9 Å². The third-order valence-electron chi connectivity index (χ3n) is 5.26. The summed E-state index contributed by atoms with van der Waals surface area (Å²) in [6.07, 6.45) is 1.90. The van der Waals surface area contributed by atoms with E-state index in [0.29, 0.717) is 41.8 Å². The number of aryl methyl sites for hydroxylation is 1. The topological polar surface area (TPSA) is 103 Å². The third kappa shape index (κ3) is 3.85. The van der Waals surface area contributed by atoms with E-state index in [1.807, 2.05) is 12.1 Å². The minimum atomic E-state index is -0.438. The number of halogens is 1. The fourth-order valence-electron chi connectivity index (χ4n) is 3.36. The summed E-state index contributed by atoms with van der Waals surface area (Å²) in [5.74, 6) is 0.679. The van der Waals surface area contributed by atoms with Gasteiger partial charge in [-0.3, -0.25) is 23.3 Å². The predicted molar refractivity (Wildman–Crippen MR) is 115 cm³/mol. The van der Waals surface area contributed by atoms with Crippen molar-refractivity contribution in [3.8, 4) is 0 Å². The number of fused-ring (bicyclic) bond motifs is 1. The van der Waals surface area contributed by atoms with Crippen LogP contribution in [0.1, 0.15) is 18.4 Å². The van der Waals surface area contributed by atoms with E-state index in [-0.39, 0.29) is 11.8 Å². The molecule has 0 saturated heterocycles. The van der Waals surface area contributed by atoms with Crippen LogP contribution in [0.5, 0.6) is 0 Å². The Morgan fingerprint density at radius 3 is 2.50 bits per heavy atom. The molecule has 1 amide bonds. The van der Waals surface area contributed by atoms with E-state index in [9.17, 15) is 14.4 Å². The number of hydrogen-bond acceptors (Lipinski definition) is 5. The fraction of sp³-hybridized carbons (Fsp3) is 0.400. The summed E-state index contributed by atoms with van der Waals surface area (Å²) in [4.78, 5) is 41.5. The average Bonchev–Trinajstić information content (AvgIpc) is 3.53. The molecule has 0 atom stereocenters. The molecule has 0 unspecified atom stereocenters. The van der Waals surface area contributed by atoms with Crippen LogP contribution in [0, 0.1) is 5.92 Å². The number of imidazole rings is 1. The van der Waals surface area contributed by atoms with Gasteiger partial charge in [-0.05, 0) is 30.5 Å². The number of nitrogens with zero attached hydrogens (tertiary/aromatic N) is 4. The molecule has 0 bridgehead atoms.